The van der Waals surface area contributed by atoms with E-state index in [0.29, 0.717) is 11.4 Å². The average molecular weight is 485 g/mol. The highest BCUT2D eigenvalue weighted by Crippen LogP contribution is 2.33. The first-order chi connectivity index (χ1) is 17.0. The average Bonchev–Trinajstić information content (AvgIpc) is 3.48. The number of imidazole rings is 1. The van der Waals surface area contributed by atoms with Crippen LogP contribution in [0.15, 0.2) is 65.5 Å². The molecule has 2 aromatic heterocycles. The van der Waals surface area contributed by atoms with Crippen LogP contribution in [0, 0.1) is 6.92 Å². The van der Waals surface area contributed by atoms with Crippen molar-refractivity contribution in [3.63, 3.8) is 0 Å². The summed E-state index contributed by atoms with van der Waals surface area (Å²) in [6.45, 7) is 4.11. The van der Waals surface area contributed by atoms with Crippen molar-refractivity contribution in [2.24, 2.45) is 0 Å². The van der Waals surface area contributed by atoms with E-state index in [0.717, 1.165) is 69.2 Å². The minimum Gasteiger partial charge on any atom is -0.465 e. The lowest BCUT2D eigenvalue weighted by atomic mass is 9.99. The molecule has 2 heterocycles. The summed E-state index contributed by atoms with van der Waals surface area (Å²) >= 11 is 0.909. The molecular weight excluding hydrogens is 460 g/mol. The molecule has 0 spiro atoms. The highest BCUT2D eigenvalue weighted by molar-refractivity contribution is 7.03. The SMILES string of the molecule is CCCc1nc2c(C)ccc(C(=O)OC)c2n1-c1ccc(-c2ccccc2-c2nsc(=O)[nH]2)cc1. The lowest BCUT2D eigenvalue weighted by Crippen LogP contribution is -2.07. The Morgan fingerprint density at radius 2 is 1.80 bits per heavy atom. The molecule has 0 aliphatic rings. The number of methoxy groups -OCH3 is 1. The van der Waals surface area contributed by atoms with Crippen molar-refractivity contribution < 1.29 is 9.53 Å². The number of aromatic amines is 1. The summed E-state index contributed by atoms with van der Waals surface area (Å²) in [6.07, 6.45) is 1.70. The quantitative estimate of drug-likeness (QED) is 0.319. The number of nitrogens with zero attached hydrogens (tertiary/aromatic N) is 3. The monoisotopic (exact) mass is 484 g/mol. The highest BCUT2D eigenvalue weighted by atomic mass is 32.1. The molecule has 0 amide bonds. The fraction of sp³-hybridized carbons (Fsp3) is 0.185. The summed E-state index contributed by atoms with van der Waals surface area (Å²) in [4.78, 5) is 31.8. The Bertz CT molecular complexity index is 1600. The van der Waals surface area contributed by atoms with Gasteiger partial charge in [-0.15, -0.1) is 0 Å². The number of hydrogen-bond acceptors (Lipinski definition) is 6. The number of nitrogens with one attached hydrogen (secondary N) is 1. The van der Waals surface area contributed by atoms with Crippen LogP contribution in [0.4, 0.5) is 0 Å². The van der Waals surface area contributed by atoms with Gasteiger partial charge in [-0.1, -0.05) is 49.4 Å². The number of benzene rings is 3. The zero-order valence-corrected chi connectivity index (χ0v) is 20.5. The molecule has 0 saturated heterocycles. The van der Waals surface area contributed by atoms with Gasteiger partial charge in [-0.3, -0.25) is 14.3 Å². The van der Waals surface area contributed by atoms with Crippen molar-refractivity contribution in [3.8, 4) is 28.2 Å². The molecule has 5 rings (SSSR count). The Morgan fingerprint density at radius 1 is 1.06 bits per heavy atom. The number of carbonyl (C=O) groups is 1. The Hall–Kier alpha value is -4.04. The summed E-state index contributed by atoms with van der Waals surface area (Å²) in [7, 11) is 1.39. The lowest BCUT2D eigenvalue weighted by Gasteiger charge is -2.13. The summed E-state index contributed by atoms with van der Waals surface area (Å²) in [5.41, 5.74) is 6.79. The maximum atomic E-state index is 12.6. The lowest BCUT2D eigenvalue weighted by molar-refractivity contribution is 0.0602. The maximum absolute atomic E-state index is 12.6. The van der Waals surface area contributed by atoms with Crippen LogP contribution in [0.25, 0.3) is 39.2 Å². The Labute approximate surface area is 206 Å². The third-order valence-electron chi connectivity index (χ3n) is 6.01. The van der Waals surface area contributed by atoms with Crippen LogP contribution in [0.2, 0.25) is 0 Å². The zero-order valence-electron chi connectivity index (χ0n) is 19.7. The van der Waals surface area contributed by atoms with E-state index in [1.54, 1.807) is 6.07 Å². The predicted octanol–water partition coefficient (Wildman–Crippen LogP) is 5.55. The van der Waals surface area contributed by atoms with Crippen LogP contribution in [0.3, 0.4) is 0 Å². The maximum Gasteiger partial charge on any atom is 0.340 e. The van der Waals surface area contributed by atoms with Crippen LogP contribution in [-0.4, -0.2) is 32.0 Å². The van der Waals surface area contributed by atoms with Gasteiger partial charge in [0, 0.05) is 29.2 Å². The zero-order chi connectivity index (χ0) is 24.5. The minimum atomic E-state index is -0.387. The van der Waals surface area contributed by atoms with Crippen LogP contribution >= 0.6 is 11.5 Å². The van der Waals surface area contributed by atoms with E-state index in [-0.39, 0.29) is 10.8 Å². The van der Waals surface area contributed by atoms with Gasteiger partial charge in [0.05, 0.1) is 23.7 Å². The van der Waals surface area contributed by atoms with Crippen molar-refractivity contribution in [2.45, 2.75) is 26.7 Å². The molecule has 7 nitrogen and oxygen atoms in total. The normalized spacial score (nSPS) is 11.2. The molecule has 0 fully saturated rings. The second-order valence-electron chi connectivity index (χ2n) is 8.27. The molecule has 0 aliphatic heterocycles. The van der Waals surface area contributed by atoms with E-state index >= 15 is 0 Å². The molecule has 0 unspecified atom stereocenters. The van der Waals surface area contributed by atoms with E-state index < -0.39 is 0 Å². The number of esters is 1. The molecule has 35 heavy (non-hydrogen) atoms. The van der Waals surface area contributed by atoms with Gasteiger partial charge in [-0.25, -0.2) is 9.78 Å². The number of fused-ring (bicyclic) bond motifs is 1. The molecule has 1 N–H and O–H groups in total. The Kier molecular flexibility index (Phi) is 6.05. The summed E-state index contributed by atoms with van der Waals surface area (Å²) < 4.78 is 11.4. The summed E-state index contributed by atoms with van der Waals surface area (Å²) in [5, 5.41) is 0. The second-order valence-corrected chi connectivity index (χ2v) is 9.00. The molecule has 176 valence electrons. The van der Waals surface area contributed by atoms with Crippen LogP contribution in [-0.2, 0) is 11.2 Å². The molecule has 0 aliphatic carbocycles. The van der Waals surface area contributed by atoms with E-state index in [1.165, 1.54) is 7.11 Å². The first kappa shape index (κ1) is 22.7. The fourth-order valence-electron chi connectivity index (χ4n) is 4.38. The summed E-state index contributed by atoms with van der Waals surface area (Å²) in [5.74, 6) is 1.07. The predicted molar refractivity (Wildman–Crippen MR) is 138 cm³/mol. The smallest absolute Gasteiger partial charge is 0.340 e. The van der Waals surface area contributed by atoms with Gasteiger partial charge >= 0.3 is 10.8 Å². The number of H-pyrrole nitrogens is 1. The number of hydrogen-bond donors (Lipinski definition) is 1. The van der Waals surface area contributed by atoms with Crippen molar-refractivity contribution in [1.82, 2.24) is 18.9 Å². The first-order valence-corrected chi connectivity index (χ1v) is 12.1. The molecule has 0 saturated carbocycles. The number of aryl methyl sites for hydroxylation is 2. The number of ether oxygens (including phenoxy) is 1. The molecular formula is C27H24N4O3S. The largest absolute Gasteiger partial charge is 0.465 e. The third kappa shape index (κ3) is 4.06. The molecule has 0 bridgehead atoms. The second kappa shape index (κ2) is 9.31. The summed E-state index contributed by atoms with van der Waals surface area (Å²) in [6, 6.07) is 19.7. The number of rotatable bonds is 6. The van der Waals surface area contributed by atoms with Crippen molar-refractivity contribution in [3.05, 3.63) is 87.3 Å². The Balaban J connectivity index is 1.67. The van der Waals surface area contributed by atoms with E-state index in [2.05, 4.69) is 20.8 Å². The van der Waals surface area contributed by atoms with Gasteiger partial charge in [-0.05, 0) is 48.2 Å². The Morgan fingerprint density at radius 3 is 2.46 bits per heavy atom. The number of aromatic nitrogens is 4. The van der Waals surface area contributed by atoms with Crippen LogP contribution in [0.1, 0.15) is 35.1 Å². The molecule has 5 aromatic rings. The van der Waals surface area contributed by atoms with E-state index in [4.69, 9.17) is 9.72 Å². The van der Waals surface area contributed by atoms with Crippen molar-refractivity contribution in [2.75, 3.05) is 7.11 Å². The van der Waals surface area contributed by atoms with Crippen LogP contribution < -0.4 is 4.87 Å². The van der Waals surface area contributed by atoms with Gasteiger partial charge in [0.25, 0.3) is 0 Å². The van der Waals surface area contributed by atoms with Gasteiger partial charge in [0.15, 0.2) is 5.82 Å². The van der Waals surface area contributed by atoms with Crippen molar-refractivity contribution in [1.29, 1.82) is 0 Å². The number of carbonyl (C=O) groups excluding carboxylic acids is 1. The molecule has 3 aromatic carbocycles. The van der Waals surface area contributed by atoms with E-state index in [1.807, 2.05) is 61.5 Å². The topological polar surface area (TPSA) is 89.9 Å². The highest BCUT2D eigenvalue weighted by Gasteiger charge is 2.21. The van der Waals surface area contributed by atoms with Gasteiger partial charge < -0.3 is 4.74 Å². The van der Waals surface area contributed by atoms with Gasteiger partial charge in [0.1, 0.15) is 5.82 Å². The van der Waals surface area contributed by atoms with Gasteiger partial charge in [-0.2, -0.15) is 4.37 Å². The molecule has 8 heteroatoms. The molecule has 0 radical (unpaired) electrons. The van der Waals surface area contributed by atoms with Crippen molar-refractivity contribution >= 4 is 28.5 Å². The third-order valence-corrected chi connectivity index (χ3v) is 6.56. The molecule has 0 atom stereocenters. The fourth-order valence-corrected chi connectivity index (χ4v) is 4.84. The first-order valence-electron chi connectivity index (χ1n) is 11.4. The van der Waals surface area contributed by atoms with Crippen LogP contribution in [0.5, 0.6) is 0 Å². The standard InChI is InChI=1S/C27H24N4O3S/c1-4-7-22-28-23-16(2)10-15-21(26(32)34-3)24(23)31(22)18-13-11-17(12-14-18)19-8-5-6-9-20(19)25-29-27(33)35-30-25/h5-6,8-15H,4,7H2,1-3H3,(H,29,30,33). The van der Waals surface area contributed by atoms with E-state index in [9.17, 15) is 9.59 Å². The van der Waals surface area contributed by atoms with Gasteiger partial charge in [0.2, 0.25) is 0 Å². The minimum absolute atomic E-state index is 0.183.